The number of rotatable bonds is 5. The molecule has 2 aliphatic rings. The van der Waals surface area contributed by atoms with Crippen LogP contribution in [0.1, 0.15) is 43.4 Å². The molecule has 1 aliphatic carbocycles. The van der Waals surface area contributed by atoms with Crippen molar-refractivity contribution in [3.8, 4) is 11.5 Å². The highest BCUT2D eigenvalue weighted by molar-refractivity contribution is 5.85. The number of hydrogen-bond acceptors (Lipinski definition) is 6. The topological polar surface area (TPSA) is 92.6 Å². The molecule has 3 N–H and O–H groups in total. The van der Waals surface area contributed by atoms with Crippen molar-refractivity contribution in [2.45, 2.75) is 43.7 Å². The third-order valence-electron chi connectivity index (χ3n) is 7.39. The zero-order valence-electron chi connectivity index (χ0n) is 18.3. The Bertz CT molecular complexity index is 1310. The summed E-state index contributed by atoms with van der Waals surface area (Å²) in [7, 11) is 0. The Balaban J connectivity index is 1.43. The molecule has 1 saturated carbocycles. The predicted molar refractivity (Wildman–Crippen MR) is 124 cm³/mol. The van der Waals surface area contributed by atoms with Crippen molar-refractivity contribution < 1.29 is 5.11 Å². The molecule has 1 saturated heterocycles. The average molecular weight is 429 g/mol. The molecule has 0 radical (unpaired) electrons. The Labute approximate surface area is 186 Å². The van der Waals surface area contributed by atoms with E-state index in [4.69, 9.17) is 10.7 Å². The highest BCUT2D eigenvalue weighted by atomic mass is 16.3. The Morgan fingerprint density at radius 3 is 2.78 bits per heavy atom. The maximum atomic E-state index is 9.99. The molecule has 1 aliphatic heterocycles. The van der Waals surface area contributed by atoms with Gasteiger partial charge in [0.2, 0.25) is 0 Å². The summed E-state index contributed by atoms with van der Waals surface area (Å²) in [6, 6.07) is 15.0. The molecular formula is C25H28N6O. The first-order valence-corrected chi connectivity index (χ1v) is 11.4. The molecule has 164 valence electrons. The SMILES string of the molecule is C[C@@H](c1ccc2nnc(-c3ccc4cccc(C5(CO)CC5)c4n3)n2c1)N1CC[C@H](N)C1. The predicted octanol–water partition coefficient (Wildman–Crippen LogP) is 3.06. The number of benzene rings is 1. The molecule has 4 heterocycles. The smallest absolute Gasteiger partial charge is 0.187 e. The number of pyridine rings is 2. The number of aromatic nitrogens is 4. The molecule has 0 unspecified atom stereocenters. The van der Waals surface area contributed by atoms with E-state index in [1.807, 2.05) is 16.5 Å². The minimum Gasteiger partial charge on any atom is -0.395 e. The van der Waals surface area contributed by atoms with Crippen LogP contribution in [0.5, 0.6) is 0 Å². The summed E-state index contributed by atoms with van der Waals surface area (Å²) in [4.78, 5) is 7.45. The van der Waals surface area contributed by atoms with Crippen LogP contribution in [0.4, 0.5) is 0 Å². The second kappa shape index (κ2) is 7.33. The second-order valence-corrected chi connectivity index (χ2v) is 9.45. The van der Waals surface area contributed by atoms with E-state index in [0.29, 0.717) is 0 Å². The Morgan fingerprint density at radius 1 is 1.16 bits per heavy atom. The van der Waals surface area contributed by atoms with Crippen molar-refractivity contribution in [2.75, 3.05) is 19.7 Å². The van der Waals surface area contributed by atoms with Crippen LogP contribution in [0.15, 0.2) is 48.7 Å². The fraction of sp³-hybridized carbons (Fsp3) is 0.400. The summed E-state index contributed by atoms with van der Waals surface area (Å²) in [5.74, 6) is 0.734. The van der Waals surface area contributed by atoms with Crippen LogP contribution in [0.3, 0.4) is 0 Å². The highest BCUT2D eigenvalue weighted by Crippen LogP contribution is 2.49. The Hall–Kier alpha value is -2.87. The first kappa shape index (κ1) is 19.8. The van der Waals surface area contributed by atoms with E-state index in [2.05, 4.69) is 58.5 Å². The summed E-state index contributed by atoms with van der Waals surface area (Å²) in [6.45, 7) is 4.34. The van der Waals surface area contributed by atoms with Crippen molar-refractivity contribution in [1.29, 1.82) is 0 Å². The normalized spacial score (nSPS) is 21.4. The van der Waals surface area contributed by atoms with Gasteiger partial charge in [-0.05, 0) is 49.4 Å². The average Bonchev–Trinajstić information content (AvgIpc) is 3.31. The van der Waals surface area contributed by atoms with E-state index in [1.165, 1.54) is 5.56 Å². The van der Waals surface area contributed by atoms with Gasteiger partial charge in [-0.25, -0.2) is 4.98 Å². The van der Waals surface area contributed by atoms with Crippen molar-refractivity contribution in [3.05, 3.63) is 59.8 Å². The number of para-hydroxylation sites is 1. The van der Waals surface area contributed by atoms with Crippen molar-refractivity contribution in [2.24, 2.45) is 5.73 Å². The number of hydrogen-bond donors (Lipinski definition) is 2. The molecule has 32 heavy (non-hydrogen) atoms. The molecule has 0 amide bonds. The summed E-state index contributed by atoms with van der Waals surface area (Å²) in [5, 5.41) is 19.9. The van der Waals surface area contributed by atoms with Crippen molar-refractivity contribution >= 4 is 16.6 Å². The lowest BCUT2D eigenvalue weighted by molar-refractivity contribution is 0.255. The van der Waals surface area contributed by atoms with E-state index in [-0.39, 0.29) is 24.1 Å². The van der Waals surface area contributed by atoms with Gasteiger partial charge < -0.3 is 10.8 Å². The number of nitrogens with zero attached hydrogens (tertiary/aromatic N) is 5. The van der Waals surface area contributed by atoms with Crippen LogP contribution in [-0.2, 0) is 5.41 Å². The maximum absolute atomic E-state index is 9.99. The van der Waals surface area contributed by atoms with Crippen LogP contribution in [0, 0.1) is 0 Å². The molecule has 6 rings (SSSR count). The van der Waals surface area contributed by atoms with Gasteiger partial charge in [-0.3, -0.25) is 9.30 Å². The van der Waals surface area contributed by atoms with E-state index < -0.39 is 0 Å². The van der Waals surface area contributed by atoms with Crippen molar-refractivity contribution in [1.82, 2.24) is 24.5 Å². The molecule has 0 spiro atoms. The van der Waals surface area contributed by atoms with E-state index >= 15 is 0 Å². The van der Waals surface area contributed by atoms with Gasteiger partial charge in [0.1, 0.15) is 5.69 Å². The lowest BCUT2D eigenvalue weighted by atomic mass is 9.94. The zero-order valence-corrected chi connectivity index (χ0v) is 18.3. The van der Waals surface area contributed by atoms with Crippen LogP contribution >= 0.6 is 0 Å². The van der Waals surface area contributed by atoms with Gasteiger partial charge in [-0.15, -0.1) is 10.2 Å². The minimum absolute atomic E-state index is 0.142. The third-order valence-corrected chi connectivity index (χ3v) is 7.39. The number of likely N-dealkylation sites (tertiary alicyclic amines) is 1. The van der Waals surface area contributed by atoms with Gasteiger partial charge in [0.25, 0.3) is 0 Å². The molecule has 4 aromatic rings. The second-order valence-electron chi connectivity index (χ2n) is 9.45. The Kier molecular flexibility index (Phi) is 4.54. The molecule has 2 fully saturated rings. The van der Waals surface area contributed by atoms with Gasteiger partial charge in [0.15, 0.2) is 11.5 Å². The van der Waals surface area contributed by atoms with Crippen LogP contribution in [-0.4, -0.2) is 55.3 Å². The fourth-order valence-corrected chi connectivity index (χ4v) is 5.07. The van der Waals surface area contributed by atoms with Gasteiger partial charge in [-0.1, -0.05) is 30.3 Å². The van der Waals surface area contributed by atoms with Crippen LogP contribution in [0.25, 0.3) is 28.1 Å². The van der Waals surface area contributed by atoms with Gasteiger partial charge in [-0.2, -0.15) is 0 Å². The zero-order chi connectivity index (χ0) is 21.9. The number of nitrogens with two attached hydrogens (primary N) is 1. The van der Waals surface area contributed by atoms with Gasteiger partial charge in [0, 0.05) is 42.2 Å². The largest absolute Gasteiger partial charge is 0.395 e. The molecule has 7 nitrogen and oxygen atoms in total. The van der Waals surface area contributed by atoms with E-state index in [0.717, 1.165) is 66.0 Å². The highest BCUT2D eigenvalue weighted by Gasteiger charge is 2.45. The van der Waals surface area contributed by atoms with Crippen LogP contribution < -0.4 is 5.73 Å². The standard InChI is InChI=1S/C25H28N6O/c1-16(30-12-9-19(26)14-30)18-6-8-22-28-29-24(31(22)13-18)21-7-5-17-3-2-4-20(23(17)27-21)25(15-32)10-11-25/h2-8,13,16,19,32H,9-12,14-15,26H2,1H3/t16-,19-/m0/s1. The molecule has 2 atom stereocenters. The number of aliphatic hydroxyl groups excluding tert-OH is 1. The minimum atomic E-state index is -0.142. The third kappa shape index (κ3) is 3.11. The fourth-order valence-electron chi connectivity index (χ4n) is 5.07. The van der Waals surface area contributed by atoms with E-state index in [1.54, 1.807) is 0 Å². The quantitative estimate of drug-likeness (QED) is 0.508. The van der Waals surface area contributed by atoms with E-state index in [9.17, 15) is 5.11 Å². The number of fused-ring (bicyclic) bond motifs is 2. The first-order valence-electron chi connectivity index (χ1n) is 11.4. The number of aliphatic hydroxyl groups is 1. The summed E-state index contributed by atoms with van der Waals surface area (Å²) < 4.78 is 2.04. The summed E-state index contributed by atoms with van der Waals surface area (Å²) in [6.07, 6.45) is 5.18. The maximum Gasteiger partial charge on any atom is 0.187 e. The molecular weight excluding hydrogens is 400 g/mol. The van der Waals surface area contributed by atoms with Crippen LogP contribution in [0.2, 0.25) is 0 Å². The molecule has 3 aromatic heterocycles. The lowest BCUT2D eigenvalue weighted by Crippen LogP contribution is -2.28. The molecule has 1 aromatic carbocycles. The first-order chi connectivity index (χ1) is 15.6. The van der Waals surface area contributed by atoms with Gasteiger partial charge in [0.05, 0.1) is 12.1 Å². The monoisotopic (exact) mass is 428 g/mol. The lowest BCUT2D eigenvalue weighted by Gasteiger charge is -2.24. The summed E-state index contributed by atoms with van der Waals surface area (Å²) in [5.41, 5.74) is 10.9. The summed E-state index contributed by atoms with van der Waals surface area (Å²) >= 11 is 0. The molecule has 7 heteroatoms. The Morgan fingerprint density at radius 2 is 2.03 bits per heavy atom. The molecule has 0 bridgehead atoms. The van der Waals surface area contributed by atoms with Gasteiger partial charge >= 0.3 is 0 Å². The van der Waals surface area contributed by atoms with Crippen molar-refractivity contribution in [3.63, 3.8) is 0 Å².